The van der Waals surface area contributed by atoms with Crippen molar-refractivity contribution in [3.63, 3.8) is 0 Å². The molecule has 0 amide bonds. The van der Waals surface area contributed by atoms with E-state index >= 15 is 0 Å². The predicted molar refractivity (Wildman–Crippen MR) is 34.4 cm³/mol. The van der Waals surface area contributed by atoms with Crippen molar-refractivity contribution in [2.45, 2.75) is 6.92 Å². The number of aliphatic carboxylic acids is 1. The molecule has 0 heterocycles. The van der Waals surface area contributed by atoms with E-state index in [0.717, 1.165) is 6.08 Å². The highest BCUT2D eigenvalue weighted by atomic mass is 16.7. The number of allylic oxidation sites excluding steroid dienone is 1. The summed E-state index contributed by atoms with van der Waals surface area (Å²) in [5.41, 5.74) is 0. The van der Waals surface area contributed by atoms with Crippen molar-refractivity contribution >= 4 is 5.97 Å². The Morgan fingerprint density at radius 2 is 2.30 bits per heavy atom. The number of hydrogen-bond donors (Lipinski definition) is 1. The molecule has 0 fully saturated rings. The van der Waals surface area contributed by atoms with Gasteiger partial charge in [-0.15, -0.1) is 0 Å². The van der Waals surface area contributed by atoms with Crippen LogP contribution >= 0.6 is 0 Å². The van der Waals surface area contributed by atoms with Crippen molar-refractivity contribution in [2.24, 2.45) is 0 Å². The summed E-state index contributed by atoms with van der Waals surface area (Å²) in [6.45, 7) is 1.63. The van der Waals surface area contributed by atoms with Crippen molar-refractivity contribution in [1.29, 1.82) is 0 Å². The highest BCUT2D eigenvalue weighted by Crippen LogP contribution is 1.93. The minimum Gasteiger partial charge on any atom is -0.478 e. The SMILES string of the molecule is COCO/C(C)=C\C(=O)O. The van der Waals surface area contributed by atoms with E-state index in [-0.39, 0.29) is 6.79 Å². The average molecular weight is 146 g/mol. The first-order valence-corrected chi connectivity index (χ1v) is 2.69. The topological polar surface area (TPSA) is 55.8 Å². The van der Waals surface area contributed by atoms with Gasteiger partial charge in [0.05, 0.1) is 6.08 Å². The van der Waals surface area contributed by atoms with Crippen LogP contribution in [-0.2, 0) is 14.3 Å². The van der Waals surface area contributed by atoms with Gasteiger partial charge in [0.25, 0.3) is 0 Å². The van der Waals surface area contributed by atoms with Crippen LogP contribution in [0.1, 0.15) is 6.92 Å². The van der Waals surface area contributed by atoms with Crippen LogP contribution in [0.5, 0.6) is 0 Å². The van der Waals surface area contributed by atoms with Crippen LogP contribution in [0.25, 0.3) is 0 Å². The second-order valence-electron chi connectivity index (χ2n) is 1.64. The number of ether oxygens (including phenoxy) is 2. The summed E-state index contributed by atoms with van der Waals surface area (Å²) in [5.74, 6) is -0.692. The van der Waals surface area contributed by atoms with Crippen LogP contribution < -0.4 is 0 Å². The molecule has 0 unspecified atom stereocenters. The molecule has 0 aliphatic carbocycles. The molecule has 0 aromatic rings. The van der Waals surface area contributed by atoms with Crippen LogP contribution in [0.3, 0.4) is 0 Å². The summed E-state index contributed by atoms with van der Waals surface area (Å²) in [5, 5.41) is 8.19. The largest absolute Gasteiger partial charge is 0.478 e. The third-order valence-corrected chi connectivity index (χ3v) is 0.731. The zero-order valence-electron chi connectivity index (χ0n) is 5.96. The second-order valence-corrected chi connectivity index (χ2v) is 1.64. The molecule has 0 aromatic heterocycles. The number of hydrogen-bond acceptors (Lipinski definition) is 3. The maximum Gasteiger partial charge on any atom is 0.331 e. The summed E-state index contributed by atoms with van der Waals surface area (Å²) >= 11 is 0. The molecule has 1 N–H and O–H groups in total. The van der Waals surface area contributed by atoms with Crippen LogP contribution in [0.4, 0.5) is 0 Å². The fourth-order valence-electron chi connectivity index (χ4n) is 0.367. The molecule has 0 aromatic carbocycles. The number of rotatable bonds is 4. The smallest absolute Gasteiger partial charge is 0.331 e. The van der Waals surface area contributed by atoms with Crippen LogP contribution in [0, 0.1) is 0 Å². The highest BCUT2D eigenvalue weighted by molar-refractivity contribution is 5.80. The minimum absolute atomic E-state index is 0.0790. The van der Waals surface area contributed by atoms with Gasteiger partial charge in [0.2, 0.25) is 0 Å². The monoisotopic (exact) mass is 146 g/mol. The van der Waals surface area contributed by atoms with Crippen LogP contribution in [0.2, 0.25) is 0 Å². The zero-order valence-corrected chi connectivity index (χ0v) is 5.96. The summed E-state index contributed by atoms with van der Waals surface area (Å²) in [4.78, 5) is 9.98. The summed E-state index contributed by atoms with van der Waals surface area (Å²) in [7, 11) is 1.47. The third kappa shape index (κ3) is 5.11. The quantitative estimate of drug-likeness (QED) is 0.358. The van der Waals surface area contributed by atoms with Gasteiger partial charge in [-0.1, -0.05) is 0 Å². The third-order valence-electron chi connectivity index (χ3n) is 0.731. The Balaban J connectivity index is 3.60. The standard InChI is InChI=1S/C6H10O4/c1-5(3-6(7)8)10-4-9-2/h3H,4H2,1-2H3,(H,7,8)/b5-3-. The van der Waals surface area contributed by atoms with Gasteiger partial charge < -0.3 is 14.6 Å². The Morgan fingerprint density at radius 1 is 1.70 bits per heavy atom. The second kappa shape index (κ2) is 4.81. The molecular formula is C6H10O4. The number of methoxy groups -OCH3 is 1. The number of carbonyl (C=O) groups is 1. The van der Waals surface area contributed by atoms with Gasteiger partial charge in [-0.3, -0.25) is 0 Å². The maximum atomic E-state index is 9.98. The van der Waals surface area contributed by atoms with E-state index < -0.39 is 5.97 Å². The molecule has 0 saturated carbocycles. The first-order chi connectivity index (χ1) is 4.66. The molecule has 58 valence electrons. The zero-order chi connectivity index (χ0) is 7.98. The average Bonchev–Trinajstić information content (AvgIpc) is 1.82. The molecule has 0 atom stereocenters. The van der Waals surface area contributed by atoms with Gasteiger partial charge in [-0.25, -0.2) is 4.79 Å². The molecule has 0 aliphatic rings. The lowest BCUT2D eigenvalue weighted by molar-refractivity contribution is -0.131. The summed E-state index contributed by atoms with van der Waals surface area (Å²) < 4.78 is 9.30. The molecule has 4 nitrogen and oxygen atoms in total. The van der Waals surface area contributed by atoms with E-state index in [9.17, 15) is 4.79 Å². The normalized spacial score (nSPS) is 11.2. The summed E-state index contributed by atoms with van der Waals surface area (Å²) in [6.07, 6.45) is 0.971. The summed E-state index contributed by atoms with van der Waals surface area (Å²) in [6, 6.07) is 0. The van der Waals surface area contributed by atoms with Gasteiger partial charge >= 0.3 is 5.97 Å². The highest BCUT2D eigenvalue weighted by Gasteiger charge is 1.92. The molecule has 10 heavy (non-hydrogen) atoms. The number of carboxylic acid groups (broad SMARTS) is 1. The van der Waals surface area contributed by atoms with Crippen molar-refractivity contribution in [1.82, 2.24) is 0 Å². The minimum atomic E-state index is -1.02. The Hall–Kier alpha value is -1.03. The fraction of sp³-hybridized carbons (Fsp3) is 0.500. The Bertz CT molecular complexity index is 139. The van der Waals surface area contributed by atoms with E-state index in [1.807, 2.05) is 0 Å². The molecule has 0 bridgehead atoms. The lowest BCUT2D eigenvalue weighted by Gasteiger charge is -2.01. The van der Waals surface area contributed by atoms with E-state index in [2.05, 4.69) is 4.74 Å². The van der Waals surface area contributed by atoms with Gasteiger partial charge in [-0.05, 0) is 6.92 Å². The molecule has 0 aliphatic heterocycles. The molecular weight excluding hydrogens is 136 g/mol. The molecule has 0 saturated heterocycles. The van der Waals surface area contributed by atoms with E-state index in [0.29, 0.717) is 5.76 Å². The van der Waals surface area contributed by atoms with Gasteiger partial charge in [0.15, 0.2) is 6.79 Å². The van der Waals surface area contributed by atoms with Gasteiger partial charge in [-0.2, -0.15) is 0 Å². The van der Waals surface area contributed by atoms with Crippen molar-refractivity contribution in [3.05, 3.63) is 11.8 Å². The first kappa shape index (κ1) is 8.97. The number of carboxylic acids is 1. The molecule has 0 spiro atoms. The van der Waals surface area contributed by atoms with E-state index in [1.165, 1.54) is 7.11 Å². The Morgan fingerprint density at radius 3 is 2.70 bits per heavy atom. The maximum absolute atomic E-state index is 9.98. The van der Waals surface area contributed by atoms with Crippen LogP contribution in [-0.4, -0.2) is 25.0 Å². The molecule has 0 radical (unpaired) electrons. The Kier molecular flexibility index (Phi) is 4.32. The molecule has 4 heteroatoms. The van der Waals surface area contributed by atoms with Crippen molar-refractivity contribution in [2.75, 3.05) is 13.9 Å². The lowest BCUT2D eigenvalue weighted by atomic mass is 10.5. The molecule has 0 rings (SSSR count). The Labute approximate surface area is 59.1 Å². The lowest BCUT2D eigenvalue weighted by Crippen LogP contribution is -1.97. The predicted octanol–water partition coefficient (Wildman–Crippen LogP) is 0.595. The van der Waals surface area contributed by atoms with Crippen LogP contribution in [0.15, 0.2) is 11.8 Å². The van der Waals surface area contributed by atoms with Crippen molar-refractivity contribution in [3.8, 4) is 0 Å². The van der Waals surface area contributed by atoms with E-state index in [1.54, 1.807) is 6.92 Å². The van der Waals surface area contributed by atoms with Crippen molar-refractivity contribution < 1.29 is 19.4 Å². The van der Waals surface area contributed by atoms with Gasteiger partial charge in [0, 0.05) is 7.11 Å². The van der Waals surface area contributed by atoms with Gasteiger partial charge in [0.1, 0.15) is 5.76 Å². The fourth-order valence-corrected chi connectivity index (χ4v) is 0.367. The first-order valence-electron chi connectivity index (χ1n) is 2.69. The van der Waals surface area contributed by atoms with E-state index in [4.69, 9.17) is 9.84 Å².